The van der Waals surface area contributed by atoms with Crippen LogP contribution in [-0.2, 0) is 13.7 Å². The topological polar surface area (TPSA) is 72.2 Å². The largest absolute Gasteiger partial charge is 0.485 e. The molecule has 1 aliphatic heterocycles. The third-order valence-electron chi connectivity index (χ3n) is 4.99. The van der Waals surface area contributed by atoms with E-state index in [0.717, 1.165) is 35.7 Å². The SMILES string of the molecule is Cn1c(COc2ccc(/C=N/N=C(\N)N3CCCC3)cc2)c[n+]2ccccc12. The molecular formula is C21H25N6O+. The highest BCUT2D eigenvalue weighted by Gasteiger charge is 2.14. The van der Waals surface area contributed by atoms with E-state index in [2.05, 4.69) is 36.3 Å². The summed E-state index contributed by atoms with van der Waals surface area (Å²) in [5, 5.41) is 8.18. The van der Waals surface area contributed by atoms with Crippen LogP contribution in [0.4, 0.5) is 0 Å². The maximum atomic E-state index is 5.94. The average molecular weight is 377 g/mol. The molecule has 3 heterocycles. The average Bonchev–Trinajstić information content (AvgIpc) is 3.36. The van der Waals surface area contributed by atoms with E-state index in [4.69, 9.17) is 10.5 Å². The van der Waals surface area contributed by atoms with Crippen LogP contribution < -0.4 is 14.9 Å². The predicted molar refractivity (Wildman–Crippen MR) is 109 cm³/mol. The number of nitrogens with two attached hydrogens (primary N) is 1. The van der Waals surface area contributed by atoms with Crippen LogP contribution >= 0.6 is 0 Å². The Morgan fingerprint density at radius 3 is 2.71 bits per heavy atom. The number of aromatic nitrogens is 2. The molecule has 1 aliphatic rings. The highest BCUT2D eigenvalue weighted by atomic mass is 16.5. The van der Waals surface area contributed by atoms with Gasteiger partial charge in [0.2, 0.25) is 5.96 Å². The number of likely N-dealkylation sites (tertiary alicyclic amines) is 1. The minimum Gasteiger partial charge on any atom is -0.485 e. The molecule has 2 N–H and O–H groups in total. The van der Waals surface area contributed by atoms with E-state index < -0.39 is 0 Å². The lowest BCUT2D eigenvalue weighted by Crippen LogP contribution is -2.34. The van der Waals surface area contributed by atoms with Crippen molar-refractivity contribution in [3.05, 3.63) is 66.1 Å². The molecule has 0 spiro atoms. The first-order chi connectivity index (χ1) is 13.7. The van der Waals surface area contributed by atoms with E-state index in [1.54, 1.807) is 6.21 Å². The highest BCUT2D eigenvalue weighted by Crippen LogP contribution is 2.14. The minimum absolute atomic E-state index is 0.488. The normalized spacial score (nSPS) is 15.0. The summed E-state index contributed by atoms with van der Waals surface area (Å²) in [6.07, 6.45) is 8.15. The number of aryl methyl sites for hydroxylation is 1. The fraction of sp³-hybridized carbons (Fsp3) is 0.286. The van der Waals surface area contributed by atoms with E-state index >= 15 is 0 Å². The first-order valence-electron chi connectivity index (χ1n) is 9.49. The molecule has 0 amide bonds. The summed E-state index contributed by atoms with van der Waals surface area (Å²) >= 11 is 0. The maximum Gasteiger partial charge on any atom is 0.286 e. The number of nitrogens with zero attached hydrogens (tertiary/aromatic N) is 5. The van der Waals surface area contributed by atoms with Crippen molar-refractivity contribution < 1.29 is 9.14 Å². The first kappa shape index (κ1) is 18.0. The molecule has 3 aromatic rings. The lowest BCUT2D eigenvalue weighted by atomic mass is 10.2. The molecule has 7 nitrogen and oxygen atoms in total. The number of hydrogen-bond acceptors (Lipinski definition) is 3. The monoisotopic (exact) mass is 377 g/mol. The number of benzene rings is 1. The van der Waals surface area contributed by atoms with Crippen molar-refractivity contribution in [2.75, 3.05) is 13.1 Å². The van der Waals surface area contributed by atoms with Gasteiger partial charge in [-0.3, -0.25) is 0 Å². The van der Waals surface area contributed by atoms with Gasteiger partial charge in [-0.1, -0.05) is 6.07 Å². The van der Waals surface area contributed by atoms with Gasteiger partial charge in [-0.2, -0.15) is 5.10 Å². The molecule has 0 aliphatic carbocycles. The molecule has 28 heavy (non-hydrogen) atoms. The van der Waals surface area contributed by atoms with Crippen molar-refractivity contribution >= 4 is 17.8 Å². The zero-order valence-electron chi connectivity index (χ0n) is 16.0. The highest BCUT2D eigenvalue weighted by molar-refractivity contribution is 5.82. The molecular weight excluding hydrogens is 352 g/mol. The molecule has 0 unspecified atom stereocenters. The fourth-order valence-electron chi connectivity index (χ4n) is 3.34. The first-order valence-corrected chi connectivity index (χ1v) is 9.49. The second-order valence-electron chi connectivity index (χ2n) is 6.90. The molecule has 1 aromatic carbocycles. The number of rotatable bonds is 5. The van der Waals surface area contributed by atoms with Gasteiger partial charge in [-0.05, 0) is 48.7 Å². The zero-order chi connectivity index (χ0) is 19.3. The quantitative estimate of drug-likeness (QED) is 0.320. The van der Waals surface area contributed by atoms with Crippen LogP contribution in [0.25, 0.3) is 5.65 Å². The Morgan fingerprint density at radius 1 is 1.18 bits per heavy atom. The Balaban J connectivity index is 1.36. The lowest BCUT2D eigenvalue weighted by Gasteiger charge is -2.13. The Kier molecular flexibility index (Phi) is 5.23. The summed E-state index contributed by atoms with van der Waals surface area (Å²) in [5.41, 5.74) is 9.12. The van der Waals surface area contributed by atoms with Gasteiger partial charge in [0.1, 0.15) is 11.9 Å². The minimum atomic E-state index is 0.488. The molecule has 1 fully saturated rings. The van der Waals surface area contributed by atoms with Gasteiger partial charge in [-0.15, -0.1) is 5.10 Å². The third kappa shape index (κ3) is 3.98. The number of imidazole rings is 1. The van der Waals surface area contributed by atoms with Crippen LogP contribution in [0.2, 0.25) is 0 Å². The second-order valence-corrected chi connectivity index (χ2v) is 6.90. The van der Waals surface area contributed by atoms with Crippen molar-refractivity contribution in [1.82, 2.24) is 9.47 Å². The molecule has 0 radical (unpaired) electrons. The van der Waals surface area contributed by atoms with Gasteiger partial charge in [0.15, 0.2) is 12.3 Å². The van der Waals surface area contributed by atoms with Crippen molar-refractivity contribution in [2.45, 2.75) is 19.4 Å². The number of fused-ring (bicyclic) bond motifs is 1. The molecule has 0 saturated carbocycles. The van der Waals surface area contributed by atoms with Gasteiger partial charge in [0.25, 0.3) is 5.65 Å². The number of hydrogen-bond donors (Lipinski definition) is 1. The Labute approximate surface area is 164 Å². The van der Waals surface area contributed by atoms with E-state index in [1.807, 2.05) is 49.6 Å². The lowest BCUT2D eigenvalue weighted by molar-refractivity contribution is -0.511. The molecule has 7 heteroatoms. The molecule has 4 rings (SSSR count). The van der Waals surface area contributed by atoms with Crippen LogP contribution in [-0.4, -0.2) is 34.7 Å². The Bertz CT molecular complexity index is 999. The van der Waals surface area contributed by atoms with Crippen molar-refractivity contribution in [3.63, 3.8) is 0 Å². The molecule has 144 valence electrons. The fourth-order valence-corrected chi connectivity index (χ4v) is 3.34. The summed E-state index contributed by atoms with van der Waals surface area (Å²) in [6.45, 7) is 2.43. The van der Waals surface area contributed by atoms with Crippen LogP contribution in [0, 0.1) is 0 Å². The Morgan fingerprint density at radius 2 is 1.96 bits per heavy atom. The van der Waals surface area contributed by atoms with Crippen LogP contribution in [0.15, 0.2) is 65.1 Å². The predicted octanol–water partition coefficient (Wildman–Crippen LogP) is 2.09. The summed E-state index contributed by atoms with van der Waals surface area (Å²) < 4.78 is 10.2. The van der Waals surface area contributed by atoms with Gasteiger partial charge < -0.3 is 15.4 Å². The summed E-state index contributed by atoms with van der Waals surface area (Å²) in [7, 11) is 2.04. The number of pyridine rings is 1. The summed E-state index contributed by atoms with van der Waals surface area (Å²) in [5.74, 6) is 1.30. The van der Waals surface area contributed by atoms with Gasteiger partial charge in [0.05, 0.1) is 19.5 Å². The second kappa shape index (κ2) is 8.12. The van der Waals surface area contributed by atoms with Crippen molar-refractivity contribution in [1.29, 1.82) is 0 Å². The van der Waals surface area contributed by atoms with E-state index in [1.165, 1.54) is 12.8 Å². The van der Waals surface area contributed by atoms with Crippen LogP contribution in [0.5, 0.6) is 5.75 Å². The van der Waals surface area contributed by atoms with Gasteiger partial charge >= 0.3 is 0 Å². The van der Waals surface area contributed by atoms with Crippen molar-refractivity contribution in [3.8, 4) is 5.75 Å². The molecule has 1 saturated heterocycles. The van der Waals surface area contributed by atoms with Gasteiger partial charge in [0, 0.05) is 19.2 Å². The molecule has 0 atom stereocenters. The summed E-state index contributed by atoms with van der Waals surface area (Å²) in [6, 6.07) is 13.9. The van der Waals surface area contributed by atoms with E-state index in [-0.39, 0.29) is 0 Å². The molecule has 2 aromatic heterocycles. The smallest absolute Gasteiger partial charge is 0.286 e. The van der Waals surface area contributed by atoms with Crippen LogP contribution in [0.1, 0.15) is 24.1 Å². The number of guanidine groups is 1. The molecule has 0 bridgehead atoms. The zero-order valence-corrected chi connectivity index (χ0v) is 16.0. The van der Waals surface area contributed by atoms with Crippen LogP contribution in [0.3, 0.4) is 0 Å². The van der Waals surface area contributed by atoms with E-state index in [9.17, 15) is 0 Å². The third-order valence-corrected chi connectivity index (χ3v) is 4.99. The number of ether oxygens (including phenoxy) is 1. The standard InChI is InChI=1S/C21H25N6O/c1-25-18(15-27-13-3-2-6-20(25)27)16-28-19-9-7-17(8-10-19)14-23-24-21(22)26-11-4-5-12-26/h2-3,6-10,13-15H,4-5,11-12,16H2,1H3,(H2,22,24)/q+1/b23-14+. The van der Waals surface area contributed by atoms with Gasteiger partial charge in [-0.25, -0.2) is 8.97 Å². The van der Waals surface area contributed by atoms with Crippen molar-refractivity contribution in [2.24, 2.45) is 23.0 Å². The summed E-state index contributed by atoms with van der Waals surface area (Å²) in [4.78, 5) is 2.06. The Hall–Kier alpha value is -3.35. The maximum absolute atomic E-state index is 5.94. The van der Waals surface area contributed by atoms with E-state index in [0.29, 0.717) is 12.6 Å².